The number of piperidine rings is 1. The van der Waals surface area contributed by atoms with Gasteiger partial charge in [-0.1, -0.05) is 51.4 Å². The number of esters is 1. The molecule has 1 aliphatic heterocycles. The quantitative estimate of drug-likeness (QED) is 0.191. The predicted octanol–water partition coefficient (Wildman–Crippen LogP) is 4.08. The van der Waals surface area contributed by atoms with E-state index < -0.39 is 42.6 Å². The van der Waals surface area contributed by atoms with E-state index in [-0.39, 0.29) is 29.7 Å². The molecule has 12 nitrogen and oxygen atoms in total. The SMILES string of the molecule is CC(C)[C@@H](NC(=O)NCC(C)(C)OC(=O)OCOC(=O)/C=C/C(=O)O)C(=O)N1CCC(c2ccc(Cl)cc2)C(C)(C)C1. The van der Waals surface area contributed by atoms with E-state index in [1.54, 1.807) is 4.90 Å². The Morgan fingerprint density at radius 1 is 1.12 bits per heavy atom. The number of ether oxygens (including phenoxy) is 3. The van der Waals surface area contributed by atoms with Crippen LogP contribution in [0.1, 0.15) is 59.4 Å². The summed E-state index contributed by atoms with van der Waals surface area (Å²) in [5.41, 5.74) is -0.237. The maximum Gasteiger partial charge on any atom is 0.511 e. The van der Waals surface area contributed by atoms with Crippen LogP contribution in [0.5, 0.6) is 0 Å². The second-order valence-corrected chi connectivity index (χ2v) is 12.1. The molecule has 3 amide bonds. The summed E-state index contributed by atoms with van der Waals surface area (Å²) in [7, 11) is 0. The minimum Gasteiger partial charge on any atom is -0.478 e. The van der Waals surface area contributed by atoms with Gasteiger partial charge in [-0.25, -0.2) is 19.2 Å². The van der Waals surface area contributed by atoms with Crippen LogP contribution < -0.4 is 10.6 Å². The molecule has 0 aliphatic carbocycles. The van der Waals surface area contributed by atoms with Crippen LogP contribution in [-0.4, -0.2) is 78.1 Å². The number of amides is 3. The minimum absolute atomic E-state index is 0.117. The first kappa shape index (κ1) is 34.4. The third kappa shape index (κ3) is 10.9. The first-order chi connectivity index (χ1) is 19.5. The molecule has 0 aromatic heterocycles. The number of carboxylic acids is 1. The van der Waals surface area contributed by atoms with E-state index in [2.05, 4.69) is 34.0 Å². The molecular weight excluding hydrogens is 570 g/mol. The molecule has 1 aromatic rings. The smallest absolute Gasteiger partial charge is 0.478 e. The molecule has 1 aliphatic rings. The average molecular weight is 610 g/mol. The Morgan fingerprint density at radius 2 is 1.76 bits per heavy atom. The van der Waals surface area contributed by atoms with Crippen LogP contribution in [0, 0.1) is 11.3 Å². The molecule has 1 unspecified atom stereocenters. The van der Waals surface area contributed by atoms with Gasteiger partial charge < -0.3 is 34.9 Å². The van der Waals surface area contributed by atoms with Crippen molar-refractivity contribution in [3.63, 3.8) is 0 Å². The summed E-state index contributed by atoms with van der Waals surface area (Å²) in [5, 5.41) is 14.5. The van der Waals surface area contributed by atoms with Crippen LogP contribution in [0.3, 0.4) is 0 Å². The molecular formula is C29H40ClN3O9. The number of likely N-dealkylation sites (tertiary alicyclic amines) is 1. The lowest BCUT2D eigenvalue weighted by Gasteiger charge is -2.45. The van der Waals surface area contributed by atoms with Crippen LogP contribution in [0.15, 0.2) is 36.4 Å². The van der Waals surface area contributed by atoms with Crippen molar-refractivity contribution < 1.29 is 43.3 Å². The van der Waals surface area contributed by atoms with Crippen molar-refractivity contribution in [1.82, 2.24) is 15.5 Å². The fraction of sp³-hybridized carbons (Fsp3) is 0.552. The molecule has 1 fully saturated rings. The third-order valence-corrected chi connectivity index (χ3v) is 7.06. The molecule has 0 spiro atoms. The Morgan fingerprint density at radius 3 is 2.33 bits per heavy atom. The molecule has 0 saturated carbocycles. The number of nitrogens with zero attached hydrogens (tertiary/aromatic N) is 1. The van der Waals surface area contributed by atoms with E-state index in [4.69, 9.17) is 21.4 Å². The summed E-state index contributed by atoms with van der Waals surface area (Å²) in [5.74, 6) is -2.47. The average Bonchev–Trinajstić information content (AvgIpc) is 2.88. The van der Waals surface area contributed by atoms with Crippen molar-refractivity contribution in [2.45, 2.75) is 65.5 Å². The van der Waals surface area contributed by atoms with Gasteiger partial charge in [-0.15, -0.1) is 0 Å². The summed E-state index contributed by atoms with van der Waals surface area (Å²) in [4.78, 5) is 61.7. The van der Waals surface area contributed by atoms with Crippen molar-refractivity contribution in [2.24, 2.45) is 11.3 Å². The van der Waals surface area contributed by atoms with Crippen molar-refractivity contribution in [1.29, 1.82) is 0 Å². The molecule has 2 atom stereocenters. The Labute approximate surface area is 250 Å². The van der Waals surface area contributed by atoms with Gasteiger partial charge in [0.1, 0.15) is 11.6 Å². The van der Waals surface area contributed by atoms with Gasteiger partial charge in [0.2, 0.25) is 12.7 Å². The Balaban J connectivity index is 1.87. The topological polar surface area (TPSA) is 161 Å². The lowest BCUT2D eigenvalue weighted by molar-refractivity contribution is -0.148. The largest absolute Gasteiger partial charge is 0.511 e. The third-order valence-electron chi connectivity index (χ3n) is 6.81. The highest BCUT2D eigenvalue weighted by atomic mass is 35.5. The van der Waals surface area contributed by atoms with Crippen LogP contribution in [0.4, 0.5) is 9.59 Å². The monoisotopic (exact) mass is 609 g/mol. The molecule has 1 aromatic carbocycles. The standard InChI is InChI=1S/C29H40ClN3O9/c1-18(2)24(25(37)33-14-13-21(28(3,4)16-33)19-7-9-20(30)10-8-19)32-26(38)31-15-29(5,6)42-27(39)41-17-40-23(36)12-11-22(34)35/h7-12,18,21,24H,13-17H2,1-6H3,(H,34,35)(H2,31,32,38)/b12-11+/t21?,24-/m1/s1. The molecule has 1 heterocycles. The van der Waals surface area contributed by atoms with E-state index in [0.717, 1.165) is 6.42 Å². The van der Waals surface area contributed by atoms with Gasteiger partial charge in [0, 0.05) is 30.3 Å². The molecule has 0 bridgehead atoms. The molecule has 13 heteroatoms. The fourth-order valence-electron chi connectivity index (χ4n) is 4.67. The number of carbonyl (C=O) groups excluding carboxylic acids is 4. The van der Waals surface area contributed by atoms with E-state index in [1.165, 1.54) is 19.4 Å². The molecule has 2 rings (SSSR count). The number of urea groups is 1. The van der Waals surface area contributed by atoms with Crippen LogP contribution in [-0.2, 0) is 28.6 Å². The van der Waals surface area contributed by atoms with E-state index in [1.807, 2.05) is 38.1 Å². The molecule has 42 heavy (non-hydrogen) atoms. The minimum atomic E-state index is -1.34. The first-order valence-electron chi connectivity index (χ1n) is 13.5. The molecule has 0 radical (unpaired) electrons. The summed E-state index contributed by atoms with van der Waals surface area (Å²) >= 11 is 6.06. The zero-order valence-corrected chi connectivity index (χ0v) is 25.5. The van der Waals surface area contributed by atoms with Gasteiger partial charge in [-0.3, -0.25) is 4.79 Å². The Bertz CT molecular complexity index is 1170. The van der Waals surface area contributed by atoms with Gasteiger partial charge in [-0.2, -0.15) is 0 Å². The maximum atomic E-state index is 13.5. The first-order valence-corrected chi connectivity index (χ1v) is 13.9. The van der Waals surface area contributed by atoms with Gasteiger partial charge in [0.05, 0.1) is 6.54 Å². The van der Waals surface area contributed by atoms with Gasteiger partial charge >= 0.3 is 24.1 Å². The Hall–Kier alpha value is -3.80. The highest BCUT2D eigenvalue weighted by Gasteiger charge is 2.40. The van der Waals surface area contributed by atoms with Gasteiger partial charge in [0.25, 0.3) is 0 Å². The highest BCUT2D eigenvalue weighted by Crippen LogP contribution is 2.42. The number of carbonyl (C=O) groups is 5. The zero-order chi connectivity index (χ0) is 31.7. The summed E-state index contributed by atoms with van der Waals surface area (Å²) in [6, 6.07) is 6.42. The van der Waals surface area contributed by atoms with Crippen LogP contribution >= 0.6 is 11.6 Å². The van der Waals surface area contributed by atoms with E-state index in [0.29, 0.717) is 30.3 Å². The zero-order valence-electron chi connectivity index (χ0n) is 24.8. The number of benzene rings is 1. The van der Waals surface area contributed by atoms with Crippen LogP contribution in [0.25, 0.3) is 0 Å². The number of halogens is 1. The molecule has 3 N–H and O–H groups in total. The maximum absolute atomic E-state index is 13.5. The molecule has 232 valence electrons. The predicted molar refractivity (Wildman–Crippen MR) is 154 cm³/mol. The summed E-state index contributed by atoms with van der Waals surface area (Å²) < 4.78 is 14.3. The van der Waals surface area contributed by atoms with Crippen molar-refractivity contribution in [3.8, 4) is 0 Å². The number of rotatable bonds is 11. The summed E-state index contributed by atoms with van der Waals surface area (Å²) in [6.45, 7) is 11.2. The lowest BCUT2D eigenvalue weighted by Crippen LogP contribution is -2.58. The molecule has 1 saturated heterocycles. The lowest BCUT2D eigenvalue weighted by atomic mass is 9.70. The van der Waals surface area contributed by atoms with E-state index in [9.17, 15) is 24.0 Å². The van der Waals surface area contributed by atoms with Gasteiger partial charge in [-0.05, 0) is 55.2 Å². The van der Waals surface area contributed by atoms with Crippen molar-refractivity contribution in [2.75, 3.05) is 26.4 Å². The number of hydrogen-bond donors (Lipinski definition) is 3. The number of carboxylic acid groups (broad SMARTS) is 1. The summed E-state index contributed by atoms with van der Waals surface area (Å²) in [6.07, 6.45) is 0.834. The van der Waals surface area contributed by atoms with Crippen molar-refractivity contribution >= 4 is 41.6 Å². The fourth-order valence-corrected chi connectivity index (χ4v) is 4.79. The Kier molecular flexibility index (Phi) is 12.2. The van der Waals surface area contributed by atoms with Gasteiger partial charge in [0.15, 0.2) is 0 Å². The van der Waals surface area contributed by atoms with E-state index >= 15 is 0 Å². The highest BCUT2D eigenvalue weighted by molar-refractivity contribution is 6.30. The number of nitrogens with one attached hydrogen (secondary N) is 2. The van der Waals surface area contributed by atoms with Crippen molar-refractivity contribution in [3.05, 3.63) is 47.0 Å². The van der Waals surface area contributed by atoms with Crippen LogP contribution in [0.2, 0.25) is 5.02 Å². The second-order valence-electron chi connectivity index (χ2n) is 11.7. The number of aliphatic carboxylic acids is 1. The second kappa shape index (κ2) is 14.9. The number of hydrogen-bond acceptors (Lipinski definition) is 8. The normalized spacial score (nSPS) is 17.3.